The van der Waals surface area contributed by atoms with E-state index in [1.165, 1.54) is 17.0 Å². The number of hydrogen-bond donors (Lipinski definition) is 1. The van der Waals surface area contributed by atoms with E-state index in [4.69, 9.17) is 23.2 Å². The minimum Gasteiger partial charge on any atom is -0.354 e. The number of sulfonamides is 1. The Morgan fingerprint density at radius 3 is 2.25 bits per heavy atom. The zero-order chi connectivity index (χ0) is 29.4. The van der Waals surface area contributed by atoms with Crippen molar-refractivity contribution in [3.05, 3.63) is 93.5 Å². The van der Waals surface area contributed by atoms with E-state index in [9.17, 15) is 18.0 Å². The number of amides is 2. The van der Waals surface area contributed by atoms with Crippen LogP contribution in [-0.2, 0) is 26.2 Å². The van der Waals surface area contributed by atoms with Gasteiger partial charge in [-0.05, 0) is 73.7 Å². The van der Waals surface area contributed by atoms with Crippen LogP contribution in [0.5, 0.6) is 0 Å². The van der Waals surface area contributed by atoms with Crippen LogP contribution < -0.4 is 9.62 Å². The number of nitrogens with zero attached hydrogens (tertiary/aromatic N) is 2. The van der Waals surface area contributed by atoms with Crippen LogP contribution in [-0.4, -0.2) is 44.3 Å². The lowest BCUT2D eigenvalue weighted by Crippen LogP contribution is -2.52. The molecule has 2 amide bonds. The first-order valence-electron chi connectivity index (χ1n) is 13.2. The van der Waals surface area contributed by atoms with Gasteiger partial charge in [-0.25, -0.2) is 8.42 Å². The van der Waals surface area contributed by atoms with Crippen molar-refractivity contribution in [2.24, 2.45) is 0 Å². The third-order valence-corrected chi connectivity index (χ3v) is 9.24. The maximum absolute atomic E-state index is 14.1. The van der Waals surface area contributed by atoms with Gasteiger partial charge in [0.25, 0.3) is 10.0 Å². The fraction of sp³-hybridized carbons (Fsp3) is 0.333. The first-order valence-corrected chi connectivity index (χ1v) is 15.4. The highest BCUT2D eigenvalue weighted by atomic mass is 35.5. The van der Waals surface area contributed by atoms with E-state index in [-0.39, 0.29) is 17.3 Å². The average Bonchev–Trinajstić information content (AvgIpc) is 2.94. The van der Waals surface area contributed by atoms with Gasteiger partial charge in [0.1, 0.15) is 12.6 Å². The van der Waals surface area contributed by atoms with E-state index in [2.05, 4.69) is 5.32 Å². The van der Waals surface area contributed by atoms with Crippen LogP contribution in [0.15, 0.2) is 71.6 Å². The van der Waals surface area contributed by atoms with Crippen molar-refractivity contribution >= 4 is 50.7 Å². The summed E-state index contributed by atoms with van der Waals surface area (Å²) in [5.41, 5.74) is 2.68. The Balaban J connectivity index is 2.09. The molecule has 0 aliphatic heterocycles. The second-order valence-corrected chi connectivity index (χ2v) is 12.2. The first-order chi connectivity index (χ1) is 19.0. The molecule has 0 saturated carbocycles. The molecule has 3 rings (SSSR count). The van der Waals surface area contributed by atoms with Crippen LogP contribution >= 0.6 is 23.2 Å². The second kappa shape index (κ2) is 14.0. The Morgan fingerprint density at radius 2 is 1.62 bits per heavy atom. The molecule has 1 N–H and O–H groups in total. The van der Waals surface area contributed by atoms with E-state index < -0.39 is 28.5 Å². The van der Waals surface area contributed by atoms with E-state index in [1.54, 1.807) is 48.5 Å². The molecule has 1 atom stereocenters. The highest BCUT2D eigenvalue weighted by molar-refractivity contribution is 7.92. The van der Waals surface area contributed by atoms with Crippen LogP contribution in [0.1, 0.15) is 43.4 Å². The molecule has 0 heterocycles. The van der Waals surface area contributed by atoms with Crippen LogP contribution in [0, 0.1) is 13.8 Å². The molecule has 0 spiro atoms. The molecule has 0 aromatic heterocycles. The van der Waals surface area contributed by atoms with Gasteiger partial charge in [-0.15, -0.1) is 0 Å². The van der Waals surface area contributed by atoms with Crippen molar-refractivity contribution in [2.75, 3.05) is 17.4 Å². The number of rotatable bonds is 12. The summed E-state index contributed by atoms with van der Waals surface area (Å²) in [6, 6.07) is 17.5. The number of nitrogens with one attached hydrogen (secondary N) is 1. The normalized spacial score (nSPS) is 12.1. The molecule has 0 radical (unpaired) electrons. The zero-order valence-corrected chi connectivity index (χ0v) is 25.5. The zero-order valence-electron chi connectivity index (χ0n) is 23.2. The standard InChI is InChI=1S/C30H35Cl2N3O4S/c1-5-17-33-30(37)27(6-2)34(19-23-15-16-25(31)26(32)18-23)29(36)20-35(28-14-10-11-21(3)22(28)4)40(38,39)24-12-8-7-9-13-24/h7-16,18,27H,5-6,17,19-20H2,1-4H3,(H,33,37)/t27-/m1/s1. The summed E-state index contributed by atoms with van der Waals surface area (Å²) in [5.74, 6) is -0.827. The Labute approximate surface area is 247 Å². The molecule has 0 saturated heterocycles. The van der Waals surface area contributed by atoms with Crippen molar-refractivity contribution in [1.82, 2.24) is 10.2 Å². The van der Waals surface area contributed by atoms with Gasteiger partial charge >= 0.3 is 0 Å². The van der Waals surface area contributed by atoms with Gasteiger partial charge in [0.2, 0.25) is 11.8 Å². The number of carbonyl (C=O) groups excluding carboxylic acids is 2. The summed E-state index contributed by atoms with van der Waals surface area (Å²) < 4.78 is 29.0. The number of benzene rings is 3. The summed E-state index contributed by atoms with van der Waals surface area (Å²) in [4.78, 5) is 28.8. The van der Waals surface area contributed by atoms with Crippen molar-refractivity contribution in [1.29, 1.82) is 0 Å². The topological polar surface area (TPSA) is 86.8 Å². The van der Waals surface area contributed by atoms with Crippen molar-refractivity contribution in [2.45, 2.75) is 58.0 Å². The lowest BCUT2D eigenvalue weighted by atomic mass is 10.1. The predicted molar refractivity (Wildman–Crippen MR) is 161 cm³/mol. The van der Waals surface area contributed by atoms with Crippen LogP contribution in [0.2, 0.25) is 10.0 Å². The molecule has 0 unspecified atom stereocenters. The number of halogens is 2. The Morgan fingerprint density at radius 1 is 0.925 bits per heavy atom. The quantitative estimate of drug-likeness (QED) is 0.269. The van der Waals surface area contributed by atoms with Crippen LogP contribution in [0.4, 0.5) is 5.69 Å². The highest BCUT2D eigenvalue weighted by Gasteiger charge is 2.34. The number of hydrogen-bond acceptors (Lipinski definition) is 4. The molecule has 3 aromatic carbocycles. The van der Waals surface area contributed by atoms with Crippen molar-refractivity contribution < 1.29 is 18.0 Å². The number of aryl methyl sites for hydroxylation is 1. The van der Waals surface area contributed by atoms with Crippen LogP contribution in [0.3, 0.4) is 0 Å². The second-order valence-electron chi connectivity index (χ2n) is 9.53. The average molecular weight is 605 g/mol. The largest absolute Gasteiger partial charge is 0.354 e. The van der Waals surface area contributed by atoms with Crippen molar-refractivity contribution in [3.8, 4) is 0 Å². The molecular weight excluding hydrogens is 569 g/mol. The molecule has 0 fully saturated rings. The first kappa shape index (κ1) is 31.5. The summed E-state index contributed by atoms with van der Waals surface area (Å²) in [5, 5.41) is 3.56. The van der Waals surface area contributed by atoms with Gasteiger partial charge in [-0.3, -0.25) is 13.9 Å². The van der Waals surface area contributed by atoms with Crippen LogP contribution in [0.25, 0.3) is 0 Å². The fourth-order valence-corrected chi connectivity index (χ4v) is 6.17. The highest BCUT2D eigenvalue weighted by Crippen LogP contribution is 2.29. The molecule has 10 heteroatoms. The van der Waals surface area contributed by atoms with Gasteiger partial charge < -0.3 is 10.2 Å². The molecule has 0 aliphatic carbocycles. The number of carbonyl (C=O) groups is 2. The molecule has 7 nitrogen and oxygen atoms in total. The van der Waals surface area contributed by atoms with E-state index in [0.29, 0.717) is 34.3 Å². The molecule has 40 heavy (non-hydrogen) atoms. The Bertz CT molecular complexity index is 1450. The van der Waals surface area contributed by atoms with E-state index in [0.717, 1.165) is 21.9 Å². The summed E-state index contributed by atoms with van der Waals surface area (Å²) in [7, 11) is -4.13. The smallest absolute Gasteiger partial charge is 0.264 e. The molecule has 3 aromatic rings. The minimum absolute atomic E-state index is 0.0415. The van der Waals surface area contributed by atoms with Gasteiger partial charge in [-0.2, -0.15) is 0 Å². The molecule has 0 bridgehead atoms. The van der Waals surface area contributed by atoms with Gasteiger partial charge in [0, 0.05) is 13.1 Å². The Hall–Kier alpha value is -3.07. The fourth-order valence-electron chi connectivity index (χ4n) is 4.36. The summed E-state index contributed by atoms with van der Waals surface area (Å²) in [6.07, 6.45) is 1.07. The predicted octanol–water partition coefficient (Wildman–Crippen LogP) is 6.14. The van der Waals surface area contributed by atoms with E-state index in [1.807, 2.05) is 33.8 Å². The van der Waals surface area contributed by atoms with Gasteiger partial charge in [-0.1, -0.05) is 73.4 Å². The van der Waals surface area contributed by atoms with E-state index >= 15 is 0 Å². The van der Waals surface area contributed by atoms with Gasteiger partial charge in [0.15, 0.2) is 0 Å². The molecule has 214 valence electrons. The lowest BCUT2D eigenvalue weighted by Gasteiger charge is -2.33. The molecular formula is C30H35Cl2N3O4S. The monoisotopic (exact) mass is 603 g/mol. The third-order valence-electron chi connectivity index (χ3n) is 6.73. The maximum atomic E-state index is 14.1. The SMILES string of the molecule is CCCNC(=O)[C@@H](CC)N(Cc1ccc(Cl)c(Cl)c1)C(=O)CN(c1cccc(C)c1C)S(=O)(=O)c1ccccc1. The minimum atomic E-state index is -4.13. The summed E-state index contributed by atoms with van der Waals surface area (Å²) >= 11 is 12.3. The number of anilines is 1. The Kier molecular flexibility index (Phi) is 11.0. The summed E-state index contributed by atoms with van der Waals surface area (Å²) in [6.45, 7) is 7.46. The maximum Gasteiger partial charge on any atom is 0.264 e. The third kappa shape index (κ3) is 7.36. The molecule has 0 aliphatic rings. The lowest BCUT2D eigenvalue weighted by molar-refractivity contribution is -0.140. The van der Waals surface area contributed by atoms with Gasteiger partial charge in [0.05, 0.1) is 20.6 Å². The van der Waals surface area contributed by atoms with Crippen molar-refractivity contribution in [3.63, 3.8) is 0 Å².